The summed E-state index contributed by atoms with van der Waals surface area (Å²) >= 11 is 0. The summed E-state index contributed by atoms with van der Waals surface area (Å²) in [6.45, 7) is 10.1. The van der Waals surface area contributed by atoms with Gasteiger partial charge in [-0.3, -0.25) is 4.98 Å². The highest BCUT2D eigenvalue weighted by molar-refractivity contribution is 5.25. The fraction of sp³-hybridized carbons (Fsp3) is 0.438. The molecular formula is C16H23N. The van der Waals surface area contributed by atoms with E-state index in [1.807, 2.05) is 30.5 Å². The molecule has 0 spiro atoms. The normalized spacial score (nSPS) is 13.9. The number of aromatic nitrogens is 1. The van der Waals surface area contributed by atoms with Crippen molar-refractivity contribution >= 4 is 0 Å². The van der Waals surface area contributed by atoms with Crippen molar-refractivity contribution in [2.45, 2.75) is 44.4 Å². The third-order valence-electron chi connectivity index (χ3n) is 3.30. The molecule has 92 valence electrons. The zero-order chi connectivity index (χ0) is 12.6. The Morgan fingerprint density at radius 3 is 2.65 bits per heavy atom. The fourth-order valence-corrected chi connectivity index (χ4v) is 2.23. The Balaban J connectivity index is 2.91. The molecule has 0 saturated carbocycles. The van der Waals surface area contributed by atoms with Gasteiger partial charge in [0.2, 0.25) is 0 Å². The van der Waals surface area contributed by atoms with E-state index >= 15 is 0 Å². The summed E-state index contributed by atoms with van der Waals surface area (Å²) in [7, 11) is 0. The Hall–Kier alpha value is -1.37. The summed E-state index contributed by atoms with van der Waals surface area (Å²) in [4.78, 5) is 4.50. The zero-order valence-corrected chi connectivity index (χ0v) is 10.9. The summed E-state index contributed by atoms with van der Waals surface area (Å²) in [5, 5.41) is 0. The number of rotatable bonds is 8. The van der Waals surface area contributed by atoms with Crippen LogP contribution in [0.1, 0.15) is 44.7 Å². The first-order valence-electron chi connectivity index (χ1n) is 6.45. The minimum atomic E-state index is -0.0296. The van der Waals surface area contributed by atoms with Gasteiger partial charge in [-0.2, -0.15) is 0 Å². The highest BCUT2D eigenvalue weighted by Crippen LogP contribution is 2.34. The third kappa shape index (κ3) is 3.55. The maximum atomic E-state index is 4.50. The van der Waals surface area contributed by atoms with Crippen molar-refractivity contribution in [2.24, 2.45) is 0 Å². The Morgan fingerprint density at radius 2 is 2.12 bits per heavy atom. The lowest BCUT2D eigenvalue weighted by Crippen LogP contribution is -2.24. The van der Waals surface area contributed by atoms with Gasteiger partial charge in [0.25, 0.3) is 0 Å². The lowest BCUT2D eigenvalue weighted by molar-refractivity contribution is 0.454. The Labute approximate surface area is 105 Å². The second-order valence-electron chi connectivity index (χ2n) is 4.53. The predicted octanol–water partition coefficient (Wildman–Crippen LogP) is 4.66. The number of nitrogens with zero attached hydrogens (tertiary/aromatic N) is 1. The number of hydrogen-bond donors (Lipinski definition) is 0. The second-order valence-corrected chi connectivity index (χ2v) is 4.53. The molecule has 1 heterocycles. The Kier molecular flexibility index (Phi) is 5.68. The maximum Gasteiger partial charge on any atom is 0.0506 e. The molecule has 1 atom stereocenters. The second kappa shape index (κ2) is 7.05. The molecule has 1 nitrogen and oxygen atoms in total. The van der Waals surface area contributed by atoms with Crippen molar-refractivity contribution in [2.75, 3.05) is 0 Å². The smallest absolute Gasteiger partial charge is 0.0506 e. The molecule has 0 aliphatic carbocycles. The first-order chi connectivity index (χ1) is 8.29. The lowest BCUT2D eigenvalue weighted by atomic mass is 9.76. The van der Waals surface area contributed by atoms with Crippen molar-refractivity contribution < 1.29 is 0 Å². The minimum absolute atomic E-state index is 0.0296. The summed E-state index contributed by atoms with van der Waals surface area (Å²) in [6.07, 6.45) is 11.6. The standard InChI is InChI=1S/C16H23N/c1-4-7-9-13-16(6-3,12-5-2)15-11-8-10-14-17-15/h5-6,8,10-11,14H,2-4,7,9,12-13H2,1H3. The first kappa shape index (κ1) is 13.7. The molecule has 0 amide bonds. The van der Waals surface area contributed by atoms with Gasteiger partial charge in [0.1, 0.15) is 0 Å². The molecule has 1 rings (SSSR count). The molecule has 0 N–H and O–H groups in total. The van der Waals surface area contributed by atoms with Gasteiger partial charge in [-0.25, -0.2) is 0 Å². The van der Waals surface area contributed by atoms with Crippen LogP contribution in [-0.2, 0) is 5.41 Å². The molecule has 1 aromatic heterocycles. The molecule has 0 fully saturated rings. The molecule has 0 aliphatic rings. The van der Waals surface area contributed by atoms with E-state index in [2.05, 4.69) is 31.1 Å². The molecule has 0 saturated heterocycles. The maximum absolute atomic E-state index is 4.50. The van der Waals surface area contributed by atoms with E-state index in [1.165, 1.54) is 19.3 Å². The fourth-order valence-electron chi connectivity index (χ4n) is 2.23. The quantitative estimate of drug-likeness (QED) is 0.466. The predicted molar refractivity (Wildman–Crippen MR) is 75.1 cm³/mol. The largest absolute Gasteiger partial charge is 0.260 e. The molecule has 17 heavy (non-hydrogen) atoms. The van der Waals surface area contributed by atoms with E-state index in [-0.39, 0.29) is 5.41 Å². The van der Waals surface area contributed by atoms with Crippen molar-refractivity contribution in [1.29, 1.82) is 0 Å². The van der Waals surface area contributed by atoms with Crippen LogP contribution in [0, 0.1) is 0 Å². The van der Waals surface area contributed by atoms with Gasteiger partial charge in [0.05, 0.1) is 5.69 Å². The first-order valence-corrected chi connectivity index (χ1v) is 6.45. The number of unbranched alkanes of at least 4 members (excludes halogenated alkanes) is 2. The third-order valence-corrected chi connectivity index (χ3v) is 3.30. The lowest BCUT2D eigenvalue weighted by Gasteiger charge is -2.29. The van der Waals surface area contributed by atoms with E-state index in [0.29, 0.717) is 0 Å². The van der Waals surface area contributed by atoms with E-state index in [4.69, 9.17) is 0 Å². The van der Waals surface area contributed by atoms with Crippen LogP contribution in [0.3, 0.4) is 0 Å². The van der Waals surface area contributed by atoms with Crippen molar-refractivity contribution in [3.8, 4) is 0 Å². The van der Waals surface area contributed by atoms with Crippen molar-refractivity contribution in [3.05, 3.63) is 55.4 Å². The van der Waals surface area contributed by atoms with E-state index in [0.717, 1.165) is 18.5 Å². The molecule has 1 heteroatoms. The SMILES string of the molecule is C=CCC(C=C)(CCCCC)c1ccccn1. The van der Waals surface area contributed by atoms with Gasteiger partial charge in [-0.1, -0.05) is 44.4 Å². The van der Waals surface area contributed by atoms with E-state index in [1.54, 1.807) is 0 Å². The van der Waals surface area contributed by atoms with Crippen LogP contribution < -0.4 is 0 Å². The van der Waals surface area contributed by atoms with Gasteiger partial charge in [0, 0.05) is 11.6 Å². The van der Waals surface area contributed by atoms with Crippen LogP contribution >= 0.6 is 0 Å². The van der Waals surface area contributed by atoms with Crippen molar-refractivity contribution in [3.63, 3.8) is 0 Å². The number of pyridine rings is 1. The topological polar surface area (TPSA) is 12.9 Å². The summed E-state index contributed by atoms with van der Waals surface area (Å²) in [6, 6.07) is 6.10. The van der Waals surface area contributed by atoms with Gasteiger partial charge in [0.15, 0.2) is 0 Å². The molecule has 0 aromatic carbocycles. The number of hydrogen-bond acceptors (Lipinski definition) is 1. The highest BCUT2D eigenvalue weighted by atomic mass is 14.7. The Morgan fingerprint density at radius 1 is 1.29 bits per heavy atom. The molecular weight excluding hydrogens is 206 g/mol. The summed E-state index contributed by atoms with van der Waals surface area (Å²) in [5.41, 5.74) is 1.09. The summed E-state index contributed by atoms with van der Waals surface area (Å²) in [5.74, 6) is 0. The average Bonchev–Trinajstić information content (AvgIpc) is 2.39. The van der Waals surface area contributed by atoms with Crippen LogP contribution in [0.25, 0.3) is 0 Å². The van der Waals surface area contributed by atoms with Crippen LogP contribution in [0.5, 0.6) is 0 Å². The van der Waals surface area contributed by atoms with Gasteiger partial charge >= 0.3 is 0 Å². The van der Waals surface area contributed by atoms with Crippen LogP contribution in [-0.4, -0.2) is 4.98 Å². The average molecular weight is 229 g/mol. The van der Waals surface area contributed by atoms with Gasteiger partial charge in [-0.15, -0.1) is 13.2 Å². The Bertz CT molecular complexity index is 342. The van der Waals surface area contributed by atoms with Crippen LogP contribution in [0.4, 0.5) is 0 Å². The zero-order valence-electron chi connectivity index (χ0n) is 10.9. The summed E-state index contributed by atoms with van der Waals surface area (Å²) < 4.78 is 0. The number of allylic oxidation sites excluding steroid dienone is 2. The monoisotopic (exact) mass is 229 g/mol. The molecule has 0 radical (unpaired) electrons. The van der Waals surface area contributed by atoms with Gasteiger partial charge in [-0.05, 0) is 25.0 Å². The van der Waals surface area contributed by atoms with Gasteiger partial charge < -0.3 is 0 Å². The highest BCUT2D eigenvalue weighted by Gasteiger charge is 2.27. The van der Waals surface area contributed by atoms with Crippen molar-refractivity contribution in [1.82, 2.24) is 4.98 Å². The molecule has 1 unspecified atom stereocenters. The minimum Gasteiger partial charge on any atom is -0.260 e. The molecule has 0 aliphatic heterocycles. The van der Waals surface area contributed by atoms with E-state index < -0.39 is 0 Å². The van der Waals surface area contributed by atoms with Crippen LogP contribution in [0.2, 0.25) is 0 Å². The van der Waals surface area contributed by atoms with Crippen LogP contribution in [0.15, 0.2) is 49.7 Å². The molecule has 1 aromatic rings. The van der Waals surface area contributed by atoms with E-state index in [9.17, 15) is 0 Å². The molecule has 0 bridgehead atoms.